The van der Waals surface area contributed by atoms with E-state index in [1.807, 2.05) is 30.7 Å². The van der Waals surface area contributed by atoms with Gasteiger partial charge >= 0.3 is 0 Å². The van der Waals surface area contributed by atoms with E-state index in [2.05, 4.69) is 30.3 Å². The standard InChI is InChI=1S/C24H26FN7O/c1-16-22(29-30-28-16)17-7-8-26-20(13-17)23-24(31(2)15-27-23)19-6-5-18(25)14-21(19)33-12-11-32-9-3-4-10-32/h5-8,13-15H,3-4,9-12H2,1-2H3,(H,28,29,30). The van der Waals surface area contributed by atoms with Crippen LogP contribution in [-0.2, 0) is 7.05 Å². The first kappa shape index (κ1) is 21.3. The number of aryl methyl sites for hydroxylation is 2. The molecule has 0 atom stereocenters. The zero-order valence-electron chi connectivity index (χ0n) is 18.8. The molecule has 0 spiro atoms. The maximum atomic E-state index is 14.1. The Morgan fingerprint density at radius 1 is 1.09 bits per heavy atom. The number of ether oxygens (including phenoxy) is 1. The van der Waals surface area contributed by atoms with Gasteiger partial charge in [0.1, 0.15) is 29.6 Å². The van der Waals surface area contributed by atoms with Crippen LogP contribution in [0.4, 0.5) is 4.39 Å². The van der Waals surface area contributed by atoms with Crippen molar-refractivity contribution in [1.82, 2.24) is 34.8 Å². The molecule has 1 N–H and O–H groups in total. The van der Waals surface area contributed by atoms with Gasteiger partial charge in [0.2, 0.25) is 0 Å². The van der Waals surface area contributed by atoms with E-state index in [9.17, 15) is 4.39 Å². The molecule has 4 aromatic rings. The molecule has 0 aliphatic carbocycles. The topological polar surface area (TPSA) is 84.8 Å². The van der Waals surface area contributed by atoms with Crippen LogP contribution in [-0.4, -0.2) is 61.1 Å². The molecule has 3 aromatic heterocycles. The molecule has 1 aliphatic heterocycles. The molecule has 5 rings (SSSR count). The number of nitrogens with zero attached hydrogens (tertiary/aromatic N) is 6. The number of rotatable bonds is 7. The SMILES string of the molecule is Cc1[nH]nnc1-c1ccnc(-c2ncn(C)c2-c2ccc(F)cc2OCCN2CCCC2)c1. The highest BCUT2D eigenvalue weighted by molar-refractivity contribution is 5.81. The Labute approximate surface area is 191 Å². The first-order chi connectivity index (χ1) is 16.1. The van der Waals surface area contributed by atoms with Crippen molar-refractivity contribution in [1.29, 1.82) is 0 Å². The third kappa shape index (κ3) is 4.36. The minimum Gasteiger partial charge on any atom is -0.491 e. The summed E-state index contributed by atoms with van der Waals surface area (Å²) < 4.78 is 22.1. The van der Waals surface area contributed by atoms with E-state index in [0.717, 1.165) is 47.8 Å². The molecule has 0 bridgehead atoms. The van der Waals surface area contributed by atoms with E-state index < -0.39 is 0 Å². The summed E-state index contributed by atoms with van der Waals surface area (Å²) in [4.78, 5) is 11.5. The fourth-order valence-corrected chi connectivity index (χ4v) is 4.30. The van der Waals surface area contributed by atoms with Gasteiger partial charge in [0.15, 0.2) is 0 Å². The molecule has 1 fully saturated rings. The molecule has 0 saturated carbocycles. The van der Waals surface area contributed by atoms with Crippen LogP contribution in [0.25, 0.3) is 33.9 Å². The van der Waals surface area contributed by atoms with Crippen molar-refractivity contribution in [2.75, 3.05) is 26.2 Å². The van der Waals surface area contributed by atoms with E-state index in [1.54, 1.807) is 18.6 Å². The Kier molecular flexibility index (Phi) is 5.87. The third-order valence-electron chi connectivity index (χ3n) is 6.00. The van der Waals surface area contributed by atoms with E-state index in [4.69, 9.17) is 4.74 Å². The van der Waals surface area contributed by atoms with Gasteiger partial charge in [0.25, 0.3) is 0 Å². The predicted molar refractivity (Wildman–Crippen MR) is 123 cm³/mol. The van der Waals surface area contributed by atoms with Crippen LogP contribution in [0, 0.1) is 12.7 Å². The Morgan fingerprint density at radius 3 is 2.73 bits per heavy atom. The Balaban J connectivity index is 1.49. The molecular weight excluding hydrogens is 421 g/mol. The van der Waals surface area contributed by atoms with Crippen molar-refractivity contribution in [3.8, 4) is 39.7 Å². The summed E-state index contributed by atoms with van der Waals surface area (Å²) >= 11 is 0. The number of nitrogens with one attached hydrogen (secondary N) is 1. The van der Waals surface area contributed by atoms with Crippen LogP contribution in [0.1, 0.15) is 18.5 Å². The normalized spacial score (nSPS) is 14.2. The lowest BCUT2D eigenvalue weighted by atomic mass is 10.0. The molecule has 9 heteroatoms. The van der Waals surface area contributed by atoms with Gasteiger partial charge in [-0.25, -0.2) is 9.37 Å². The largest absolute Gasteiger partial charge is 0.491 e. The molecule has 170 valence electrons. The highest BCUT2D eigenvalue weighted by atomic mass is 19.1. The Bertz CT molecular complexity index is 1260. The monoisotopic (exact) mass is 447 g/mol. The number of hydrogen-bond donors (Lipinski definition) is 1. The average Bonchev–Trinajstić information content (AvgIpc) is 3.56. The second-order valence-electron chi connectivity index (χ2n) is 8.31. The minimum atomic E-state index is -0.333. The molecule has 33 heavy (non-hydrogen) atoms. The highest BCUT2D eigenvalue weighted by Crippen LogP contribution is 2.37. The summed E-state index contributed by atoms with van der Waals surface area (Å²) in [6, 6.07) is 8.46. The molecule has 1 aliphatic rings. The van der Waals surface area contributed by atoms with Crippen LogP contribution in [0.2, 0.25) is 0 Å². The number of likely N-dealkylation sites (tertiary alicyclic amines) is 1. The van der Waals surface area contributed by atoms with E-state index in [0.29, 0.717) is 23.7 Å². The summed E-state index contributed by atoms with van der Waals surface area (Å²) in [6.45, 7) is 5.44. The average molecular weight is 448 g/mol. The molecule has 8 nitrogen and oxygen atoms in total. The summed E-state index contributed by atoms with van der Waals surface area (Å²) in [5.74, 6) is 0.169. The first-order valence-corrected chi connectivity index (χ1v) is 11.1. The van der Waals surface area contributed by atoms with Gasteiger partial charge in [-0.05, 0) is 57.1 Å². The number of aromatic nitrogens is 6. The maximum Gasteiger partial charge on any atom is 0.131 e. The number of halogens is 1. The van der Waals surface area contributed by atoms with Crippen molar-refractivity contribution >= 4 is 0 Å². The third-order valence-corrected chi connectivity index (χ3v) is 6.00. The maximum absolute atomic E-state index is 14.1. The molecule has 1 aromatic carbocycles. The van der Waals surface area contributed by atoms with Gasteiger partial charge in [-0.2, -0.15) is 0 Å². The number of hydrogen-bond acceptors (Lipinski definition) is 6. The van der Waals surface area contributed by atoms with Crippen molar-refractivity contribution in [3.63, 3.8) is 0 Å². The van der Waals surface area contributed by atoms with Crippen molar-refractivity contribution in [3.05, 3.63) is 54.4 Å². The predicted octanol–water partition coefficient (Wildman–Crippen LogP) is 3.86. The van der Waals surface area contributed by atoms with E-state index in [1.165, 1.54) is 25.0 Å². The number of imidazole rings is 1. The summed E-state index contributed by atoms with van der Waals surface area (Å²) in [7, 11) is 1.91. The Hall–Kier alpha value is -3.59. The molecular formula is C24H26FN7O. The second-order valence-corrected chi connectivity index (χ2v) is 8.31. The summed E-state index contributed by atoms with van der Waals surface area (Å²) in [5.41, 5.74) is 5.51. The second kappa shape index (κ2) is 9.11. The van der Waals surface area contributed by atoms with Crippen LogP contribution in [0.15, 0.2) is 42.9 Å². The summed E-state index contributed by atoms with van der Waals surface area (Å²) in [5, 5.41) is 10.9. The number of pyridine rings is 1. The van der Waals surface area contributed by atoms with Gasteiger partial charge < -0.3 is 9.30 Å². The number of benzene rings is 1. The molecule has 1 saturated heterocycles. The molecule has 4 heterocycles. The first-order valence-electron chi connectivity index (χ1n) is 11.1. The molecule has 0 amide bonds. The highest BCUT2D eigenvalue weighted by Gasteiger charge is 2.20. The lowest BCUT2D eigenvalue weighted by molar-refractivity contribution is 0.238. The van der Waals surface area contributed by atoms with Gasteiger partial charge in [0.05, 0.1) is 23.4 Å². The number of aromatic amines is 1. The van der Waals surface area contributed by atoms with Gasteiger partial charge in [-0.3, -0.25) is 15.0 Å². The summed E-state index contributed by atoms with van der Waals surface area (Å²) in [6.07, 6.45) is 5.92. The van der Waals surface area contributed by atoms with Gasteiger partial charge in [-0.15, -0.1) is 5.10 Å². The van der Waals surface area contributed by atoms with Gasteiger partial charge in [-0.1, -0.05) is 5.21 Å². The molecule has 0 radical (unpaired) electrons. The fourth-order valence-electron chi connectivity index (χ4n) is 4.30. The van der Waals surface area contributed by atoms with Crippen LogP contribution < -0.4 is 4.74 Å². The Morgan fingerprint density at radius 2 is 1.94 bits per heavy atom. The quantitative estimate of drug-likeness (QED) is 0.463. The van der Waals surface area contributed by atoms with Gasteiger partial charge in [0, 0.05) is 37.0 Å². The minimum absolute atomic E-state index is 0.333. The van der Waals surface area contributed by atoms with Crippen molar-refractivity contribution in [2.45, 2.75) is 19.8 Å². The lowest BCUT2D eigenvalue weighted by Crippen LogP contribution is -2.25. The lowest BCUT2D eigenvalue weighted by Gasteiger charge is -2.17. The van der Waals surface area contributed by atoms with Crippen molar-refractivity contribution < 1.29 is 9.13 Å². The zero-order chi connectivity index (χ0) is 22.8. The zero-order valence-corrected chi connectivity index (χ0v) is 18.8. The van der Waals surface area contributed by atoms with Crippen molar-refractivity contribution in [2.24, 2.45) is 7.05 Å². The van der Waals surface area contributed by atoms with Crippen LogP contribution in [0.3, 0.4) is 0 Å². The van der Waals surface area contributed by atoms with E-state index >= 15 is 0 Å². The molecule has 0 unspecified atom stereocenters. The fraction of sp³-hybridized carbons (Fsp3) is 0.333. The van der Waals surface area contributed by atoms with E-state index in [-0.39, 0.29) is 5.82 Å². The smallest absolute Gasteiger partial charge is 0.131 e. The van der Waals surface area contributed by atoms with Crippen LogP contribution >= 0.6 is 0 Å². The van der Waals surface area contributed by atoms with Crippen LogP contribution in [0.5, 0.6) is 5.75 Å². The number of H-pyrrole nitrogens is 1.